The lowest BCUT2D eigenvalue weighted by atomic mass is 9.85. The molecular weight excluding hydrogens is 454 g/mol. The molecule has 0 aliphatic heterocycles. The fourth-order valence-electron chi connectivity index (χ4n) is 5.33. The molecule has 2 saturated carbocycles. The number of benzene rings is 1. The van der Waals surface area contributed by atoms with Gasteiger partial charge in [-0.2, -0.15) is 0 Å². The summed E-state index contributed by atoms with van der Waals surface area (Å²) in [5.41, 5.74) is 2.15. The molecule has 2 heterocycles. The summed E-state index contributed by atoms with van der Waals surface area (Å²) in [6.45, 7) is 5.19. The molecular formula is C28H35N5OS. The first-order valence-corrected chi connectivity index (χ1v) is 13.9. The van der Waals surface area contributed by atoms with Gasteiger partial charge in [0.15, 0.2) is 11.0 Å². The van der Waals surface area contributed by atoms with Gasteiger partial charge in [0.25, 0.3) is 0 Å². The molecule has 0 spiro atoms. The molecule has 1 aromatic carbocycles. The van der Waals surface area contributed by atoms with Crippen molar-refractivity contribution in [3.05, 3.63) is 60.4 Å². The Hall–Kier alpha value is -2.67. The van der Waals surface area contributed by atoms with Crippen LogP contribution in [0, 0.1) is 11.8 Å². The third kappa shape index (κ3) is 5.61. The van der Waals surface area contributed by atoms with Gasteiger partial charge in [0.2, 0.25) is 5.91 Å². The Kier molecular flexibility index (Phi) is 7.51. The molecule has 2 fully saturated rings. The summed E-state index contributed by atoms with van der Waals surface area (Å²) >= 11 is 1.53. The highest BCUT2D eigenvalue weighted by molar-refractivity contribution is 7.99. The Morgan fingerprint density at radius 2 is 1.89 bits per heavy atom. The zero-order valence-electron chi connectivity index (χ0n) is 20.7. The Balaban J connectivity index is 1.38. The van der Waals surface area contributed by atoms with E-state index in [9.17, 15) is 4.79 Å². The van der Waals surface area contributed by atoms with E-state index in [0.29, 0.717) is 30.2 Å². The minimum absolute atomic E-state index is 0.174. The van der Waals surface area contributed by atoms with Crippen LogP contribution in [0.5, 0.6) is 0 Å². The summed E-state index contributed by atoms with van der Waals surface area (Å²) in [5.74, 6) is 2.58. The van der Waals surface area contributed by atoms with E-state index in [1.54, 1.807) is 6.20 Å². The maximum absolute atomic E-state index is 13.6. The van der Waals surface area contributed by atoms with Crippen LogP contribution in [-0.2, 0) is 11.3 Å². The van der Waals surface area contributed by atoms with Crippen molar-refractivity contribution in [3.63, 3.8) is 0 Å². The number of pyridine rings is 1. The Bertz CT molecular complexity index is 1110. The number of thioether (sulfide) groups is 1. The maximum atomic E-state index is 13.6. The van der Waals surface area contributed by atoms with Gasteiger partial charge in [0.05, 0.1) is 5.75 Å². The van der Waals surface area contributed by atoms with Crippen molar-refractivity contribution in [2.45, 2.75) is 76.2 Å². The lowest BCUT2D eigenvalue weighted by molar-refractivity contribution is -0.131. The molecule has 0 radical (unpaired) electrons. The highest BCUT2D eigenvalue weighted by Gasteiger charge is 2.35. The van der Waals surface area contributed by atoms with Gasteiger partial charge >= 0.3 is 0 Å². The predicted octanol–water partition coefficient (Wildman–Crippen LogP) is 6.01. The highest BCUT2D eigenvalue weighted by atomic mass is 32.2. The SMILES string of the molecule is C[C@@H]1CCCC[C@H]1n1c(SCC(=O)N(Cc2ccccc2)[C@@H](C)C2CC2)nnc1-c1cccnc1. The van der Waals surface area contributed by atoms with Crippen LogP contribution >= 0.6 is 11.8 Å². The lowest BCUT2D eigenvalue weighted by Gasteiger charge is -2.32. The molecule has 2 aromatic heterocycles. The number of hydrogen-bond donors (Lipinski definition) is 0. The summed E-state index contributed by atoms with van der Waals surface area (Å²) in [4.78, 5) is 19.9. The van der Waals surface area contributed by atoms with Crippen LogP contribution < -0.4 is 0 Å². The third-order valence-corrected chi connectivity index (χ3v) is 8.55. The number of carbonyl (C=O) groups excluding carboxylic acids is 1. The number of rotatable bonds is 9. The molecule has 0 N–H and O–H groups in total. The normalized spacial score (nSPS) is 21.0. The van der Waals surface area contributed by atoms with Gasteiger partial charge < -0.3 is 4.90 Å². The van der Waals surface area contributed by atoms with E-state index in [0.717, 1.165) is 23.0 Å². The van der Waals surface area contributed by atoms with Crippen molar-refractivity contribution in [1.82, 2.24) is 24.6 Å². The van der Waals surface area contributed by atoms with E-state index in [1.807, 2.05) is 36.5 Å². The van der Waals surface area contributed by atoms with E-state index in [4.69, 9.17) is 0 Å². The molecule has 6 nitrogen and oxygen atoms in total. The Morgan fingerprint density at radius 1 is 1.09 bits per heavy atom. The van der Waals surface area contributed by atoms with Crippen molar-refractivity contribution in [1.29, 1.82) is 0 Å². The minimum Gasteiger partial charge on any atom is -0.335 e. The second-order valence-corrected chi connectivity index (χ2v) is 11.1. The second kappa shape index (κ2) is 10.9. The molecule has 0 bridgehead atoms. The zero-order chi connectivity index (χ0) is 24.2. The average molecular weight is 490 g/mol. The summed E-state index contributed by atoms with van der Waals surface area (Å²) in [7, 11) is 0. The third-order valence-electron chi connectivity index (χ3n) is 7.62. The van der Waals surface area contributed by atoms with Crippen LogP contribution in [0.4, 0.5) is 0 Å². The Labute approximate surface area is 212 Å². The van der Waals surface area contributed by atoms with Crippen molar-refractivity contribution < 1.29 is 4.79 Å². The Morgan fingerprint density at radius 3 is 2.60 bits per heavy atom. The van der Waals surface area contributed by atoms with Gasteiger partial charge in [-0.15, -0.1) is 10.2 Å². The molecule has 5 rings (SSSR count). The van der Waals surface area contributed by atoms with E-state index >= 15 is 0 Å². The number of aromatic nitrogens is 4. The molecule has 2 aliphatic rings. The highest BCUT2D eigenvalue weighted by Crippen LogP contribution is 2.39. The summed E-state index contributed by atoms with van der Waals surface area (Å²) in [6.07, 6.45) is 10.9. The summed E-state index contributed by atoms with van der Waals surface area (Å²) in [5, 5.41) is 10.0. The van der Waals surface area contributed by atoms with Crippen LogP contribution in [0.15, 0.2) is 60.0 Å². The first kappa shape index (κ1) is 24.0. The monoisotopic (exact) mass is 489 g/mol. The van der Waals surface area contributed by atoms with E-state index in [2.05, 4.69) is 50.6 Å². The summed E-state index contributed by atoms with van der Waals surface area (Å²) in [6, 6.07) is 14.9. The fourth-order valence-corrected chi connectivity index (χ4v) is 6.21. The van der Waals surface area contributed by atoms with Gasteiger partial charge in [-0.25, -0.2) is 0 Å². The van der Waals surface area contributed by atoms with E-state index in [1.165, 1.54) is 49.4 Å². The number of nitrogens with zero attached hydrogens (tertiary/aromatic N) is 5. The lowest BCUT2D eigenvalue weighted by Crippen LogP contribution is -2.40. The van der Waals surface area contributed by atoms with Gasteiger partial charge in [-0.3, -0.25) is 14.3 Å². The van der Waals surface area contributed by atoms with E-state index in [-0.39, 0.29) is 11.9 Å². The zero-order valence-corrected chi connectivity index (χ0v) is 21.5. The number of carbonyl (C=O) groups is 1. The molecule has 0 saturated heterocycles. The molecule has 0 unspecified atom stereocenters. The standard InChI is InChI=1S/C28H35N5OS/c1-20-9-6-7-13-25(20)33-27(24-12-8-16-29-17-24)30-31-28(33)35-19-26(34)32(21(2)23-14-15-23)18-22-10-4-3-5-11-22/h3-5,8,10-12,16-17,20-21,23,25H,6-7,9,13-15,18-19H2,1-2H3/t20-,21+,25-/m1/s1. The van der Waals surface area contributed by atoms with E-state index < -0.39 is 0 Å². The summed E-state index contributed by atoms with van der Waals surface area (Å²) < 4.78 is 2.30. The van der Waals surface area contributed by atoms with Crippen LogP contribution in [0.2, 0.25) is 0 Å². The molecule has 3 aromatic rings. The van der Waals surface area contributed by atoms with Crippen molar-refractivity contribution >= 4 is 17.7 Å². The molecule has 7 heteroatoms. The van der Waals surface area contributed by atoms with Crippen LogP contribution in [-0.4, -0.2) is 42.4 Å². The molecule has 2 aliphatic carbocycles. The molecule has 35 heavy (non-hydrogen) atoms. The quantitative estimate of drug-likeness (QED) is 0.344. The van der Waals surface area contributed by atoms with Crippen molar-refractivity contribution in [2.75, 3.05) is 5.75 Å². The first-order valence-electron chi connectivity index (χ1n) is 12.9. The molecule has 1 amide bonds. The predicted molar refractivity (Wildman–Crippen MR) is 140 cm³/mol. The van der Waals surface area contributed by atoms with Crippen molar-refractivity contribution in [2.24, 2.45) is 11.8 Å². The fraction of sp³-hybridized carbons (Fsp3) is 0.500. The minimum atomic E-state index is 0.174. The topological polar surface area (TPSA) is 63.9 Å². The molecule has 3 atom stereocenters. The smallest absolute Gasteiger partial charge is 0.233 e. The van der Waals surface area contributed by atoms with Gasteiger partial charge in [-0.05, 0) is 62.1 Å². The van der Waals surface area contributed by atoms with Crippen LogP contribution in [0.25, 0.3) is 11.4 Å². The van der Waals surface area contributed by atoms with Gasteiger partial charge in [0.1, 0.15) is 0 Å². The largest absolute Gasteiger partial charge is 0.335 e. The second-order valence-electron chi connectivity index (χ2n) is 10.1. The van der Waals surface area contributed by atoms with Crippen LogP contribution in [0.3, 0.4) is 0 Å². The number of amides is 1. The van der Waals surface area contributed by atoms with Crippen LogP contribution in [0.1, 0.15) is 64.0 Å². The average Bonchev–Trinajstić information content (AvgIpc) is 3.66. The van der Waals surface area contributed by atoms with Gasteiger partial charge in [-0.1, -0.05) is 61.9 Å². The number of hydrogen-bond acceptors (Lipinski definition) is 5. The molecule has 184 valence electrons. The first-order chi connectivity index (χ1) is 17.1. The van der Waals surface area contributed by atoms with Crippen molar-refractivity contribution in [3.8, 4) is 11.4 Å². The maximum Gasteiger partial charge on any atom is 0.233 e. The van der Waals surface area contributed by atoms with Gasteiger partial charge in [0, 0.05) is 36.6 Å².